The Labute approximate surface area is 125 Å². The van der Waals surface area contributed by atoms with Gasteiger partial charge in [-0.05, 0) is 25.5 Å². The topological polar surface area (TPSA) is 89.5 Å². The number of hydrogen-bond acceptors (Lipinski definition) is 4. The molecule has 2 rings (SSSR count). The number of rotatable bonds is 3. The number of likely N-dealkylation sites (tertiary alicyclic amines) is 1. The second-order valence-electron chi connectivity index (χ2n) is 4.79. The van der Waals surface area contributed by atoms with Gasteiger partial charge in [-0.3, -0.25) is 14.9 Å². The van der Waals surface area contributed by atoms with Gasteiger partial charge in [0.1, 0.15) is 0 Å². The highest BCUT2D eigenvalue weighted by Gasteiger charge is 2.37. The molecule has 1 saturated heterocycles. The summed E-state index contributed by atoms with van der Waals surface area (Å²) in [6.07, 6.45) is 0.947. The zero-order chi connectivity index (χ0) is 14.9. The van der Waals surface area contributed by atoms with E-state index in [1.54, 1.807) is 17.0 Å². The number of benzene rings is 1. The first-order valence-corrected chi connectivity index (χ1v) is 7.24. The van der Waals surface area contributed by atoms with Gasteiger partial charge < -0.3 is 10.6 Å². The molecule has 0 bridgehead atoms. The van der Waals surface area contributed by atoms with Crippen molar-refractivity contribution in [1.82, 2.24) is 4.90 Å². The van der Waals surface area contributed by atoms with Crippen molar-refractivity contribution in [2.24, 2.45) is 5.73 Å². The van der Waals surface area contributed by atoms with E-state index in [0.29, 0.717) is 29.4 Å². The van der Waals surface area contributed by atoms with E-state index >= 15 is 0 Å². The summed E-state index contributed by atoms with van der Waals surface area (Å²) < 4.78 is 0.631. The van der Waals surface area contributed by atoms with E-state index in [4.69, 9.17) is 5.73 Å². The summed E-state index contributed by atoms with van der Waals surface area (Å²) in [5.41, 5.74) is 6.61. The molecule has 1 aromatic rings. The number of halogens is 1. The average Bonchev–Trinajstić information content (AvgIpc) is 2.41. The fraction of sp³-hybridized carbons (Fsp3) is 0.462. The number of hydrogen-bond donors (Lipinski definition) is 1. The molecule has 7 heteroatoms. The van der Waals surface area contributed by atoms with Crippen molar-refractivity contribution in [3.8, 4) is 0 Å². The molecule has 1 amide bonds. The van der Waals surface area contributed by atoms with Crippen LogP contribution in [0.15, 0.2) is 22.7 Å². The van der Waals surface area contributed by atoms with E-state index in [1.807, 2.05) is 6.92 Å². The SMILES string of the molecule is CCN1C(=O)CCC(N)C1c1ccc(Br)cc1[N+](=O)[O-]. The molecule has 1 aromatic carbocycles. The van der Waals surface area contributed by atoms with E-state index in [-0.39, 0.29) is 17.6 Å². The Morgan fingerprint density at radius 2 is 2.25 bits per heavy atom. The monoisotopic (exact) mass is 341 g/mol. The molecule has 0 aromatic heterocycles. The van der Waals surface area contributed by atoms with Gasteiger partial charge in [0.15, 0.2) is 0 Å². The van der Waals surface area contributed by atoms with Crippen molar-refractivity contribution in [3.63, 3.8) is 0 Å². The molecular weight excluding hydrogens is 326 g/mol. The third kappa shape index (κ3) is 2.69. The number of carbonyl (C=O) groups is 1. The lowest BCUT2D eigenvalue weighted by molar-refractivity contribution is -0.386. The van der Waals surface area contributed by atoms with Crippen molar-refractivity contribution >= 4 is 27.5 Å². The molecule has 20 heavy (non-hydrogen) atoms. The lowest BCUT2D eigenvalue weighted by Gasteiger charge is -2.39. The van der Waals surface area contributed by atoms with Gasteiger partial charge in [0.05, 0.1) is 16.5 Å². The molecule has 0 radical (unpaired) electrons. The van der Waals surface area contributed by atoms with Crippen molar-refractivity contribution in [2.45, 2.75) is 31.8 Å². The number of likely N-dealkylation sites (N-methyl/N-ethyl adjacent to an activating group) is 1. The standard InChI is InChI=1S/C13H16BrN3O3/c1-2-16-12(18)6-5-10(15)13(16)9-4-3-8(14)7-11(9)17(19)20/h3-4,7,10,13H,2,5-6,15H2,1H3. The Morgan fingerprint density at radius 3 is 2.85 bits per heavy atom. The van der Waals surface area contributed by atoms with Crippen LogP contribution in [0.5, 0.6) is 0 Å². The first kappa shape index (κ1) is 14.9. The molecular formula is C13H16BrN3O3. The Morgan fingerprint density at radius 1 is 1.55 bits per heavy atom. The van der Waals surface area contributed by atoms with Crippen LogP contribution >= 0.6 is 15.9 Å². The lowest BCUT2D eigenvalue weighted by Crippen LogP contribution is -2.48. The quantitative estimate of drug-likeness (QED) is 0.675. The molecule has 2 atom stereocenters. The first-order valence-electron chi connectivity index (χ1n) is 6.44. The maximum atomic E-state index is 12.0. The van der Waals surface area contributed by atoms with Crippen LogP contribution in [0.2, 0.25) is 0 Å². The van der Waals surface area contributed by atoms with Gasteiger partial charge in [-0.2, -0.15) is 0 Å². The molecule has 2 N–H and O–H groups in total. The number of amides is 1. The third-order valence-electron chi connectivity index (χ3n) is 3.60. The molecule has 1 fully saturated rings. The van der Waals surface area contributed by atoms with Gasteiger partial charge in [-0.25, -0.2) is 0 Å². The van der Waals surface area contributed by atoms with E-state index in [0.717, 1.165) is 0 Å². The zero-order valence-corrected chi connectivity index (χ0v) is 12.7. The molecule has 108 valence electrons. The Bertz CT molecular complexity index is 550. The minimum atomic E-state index is -0.435. The third-order valence-corrected chi connectivity index (χ3v) is 4.09. The van der Waals surface area contributed by atoms with Crippen molar-refractivity contribution in [3.05, 3.63) is 38.3 Å². The lowest BCUT2D eigenvalue weighted by atomic mass is 9.89. The second kappa shape index (κ2) is 5.88. The van der Waals surface area contributed by atoms with Crippen LogP contribution in [0.25, 0.3) is 0 Å². The fourth-order valence-electron chi connectivity index (χ4n) is 2.67. The maximum Gasteiger partial charge on any atom is 0.275 e. The van der Waals surface area contributed by atoms with Crippen LogP contribution in [0, 0.1) is 10.1 Å². The molecule has 1 aliphatic heterocycles. The predicted molar refractivity (Wildman–Crippen MR) is 78.1 cm³/mol. The summed E-state index contributed by atoms with van der Waals surface area (Å²) in [5, 5.41) is 11.2. The number of nitro benzene ring substituents is 1. The largest absolute Gasteiger partial charge is 0.334 e. The van der Waals surface area contributed by atoms with E-state index in [9.17, 15) is 14.9 Å². The normalized spacial score (nSPS) is 22.9. The number of nitro groups is 1. The summed E-state index contributed by atoms with van der Waals surface area (Å²) >= 11 is 3.23. The summed E-state index contributed by atoms with van der Waals surface area (Å²) in [4.78, 5) is 24.4. The van der Waals surface area contributed by atoms with Gasteiger partial charge in [0.25, 0.3) is 5.69 Å². The van der Waals surface area contributed by atoms with Crippen LogP contribution in [0.1, 0.15) is 31.4 Å². The number of nitrogens with zero attached hydrogens (tertiary/aromatic N) is 2. The van der Waals surface area contributed by atoms with E-state index in [1.165, 1.54) is 6.07 Å². The number of carbonyl (C=O) groups excluding carboxylic acids is 1. The van der Waals surface area contributed by atoms with Crippen LogP contribution in [0.4, 0.5) is 5.69 Å². The Balaban J connectivity index is 2.52. The van der Waals surface area contributed by atoms with E-state index in [2.05, 4.69) is 15.9 Å². The average molecular weight is 342 g/mol. The maximum absolute atomic E-state index is 12.0. The molecule has 1 aliphatic rings. The summed E-state index contributed by atoms with van der Waals surface area (Å²) in [6.45, 7) is 2.35. The zero-order valence-electron chi connectivity index (χ0n) is 11.1. The molecule has 0 aliphatic carbocycles. The summed E-state index contributed by atoms with van der Waals surface area (Å²) in [7, 11) is 0. The van der Waals surface area contributed by atoms with Crippen LogP contribution in [0.3, 0.4) is 0 Å². The van der Waals surface area contributed by atoms with Gasteiger partial charge in [0.2, 0.25) is 5.91 Å². The van der Waals surface area contributed by atoms with Crippen LogP contribution < -0.4 is 5.73 Å². The number of nitrogens with two attached hydrogens (primary N) is 1. The van der Waals surface area contributed by atoms with Crippen molar-refractivity contribution in [1.29, 1.82) is 0 Å². The molecule has 0 spiro atoms. The van der Waals surface area contributed by atoms with Gasteiger partial charge >= 0.3 is 0 Å². The molecule has 2 unspecified atom stereocenters. The smallest absolute Gasteiger partial charge is 0.275 e. The summed E-state index contributed by atoms with van der Waals surface area (Å²) in [6, 6.07) is 4.15. The Kier molecular flexibility index (Phi) is 4.39. The molecule has 0 saturated carbocycles. The fourth-order valence-corrected chi connectivity index (χ4v) is 3.02. The van der Waals surface area contributed by atoms with Crippen molar-refractivity contribution < 1.29 is 9.72 Å². The minimum absolute atomic E-state index is 0.00332. The minimum Gasteiger partial charge on any atom is -0.334 e. The van der Waals surface area contributed by atoms with Crippen LogP contribution in [-0.4, -0.2) is 28.3 Å². The van der Waals surface area contributed by atoms with Gasteiger partial charge in [0, 0.05) is 29.5 Å². The molecule has 6 nitrogen and oxygen atoms in total. The van der Waals surface area contributed by atoms with Crippen molar-refractivity contribution in [2.75, 3.05) is 6.54 Å². The first-order chi connectivity index (χ1) is 9.45. The van der Waals surface area contributed by atoms with Crippen LogP contribution in [-0.2, 0) is 4.79 Å². The molecule has 1 heterocycles. The highest BCUT2D eigenvalue weighted by Crippen LogP contribution is 2.37. The highest BCUT2D eigenvalue weighted by molar-refractivity contribution is 9.10. The Hall–Kier alpha value is -1.47. The second-order valence-corrected chi connectivity index (χ2v) is 5.70. The highest BCUT2D eigenvalue weighted by atomic mass is 79.9. The predicted octanol–water partition coefficient (Wildman–Crippen LogP) is 2.37. The van der Waals surface area contributed by atoms with Gasteiger partial charge in [-0.1, -0.05) is 15.9 Å². The van der Waals surface area contributed by atoms with E-state index < -0.39 is 11.0 Å². The number of piperidine rings is 1. The summed E-state index contributed by atoms with van der Waals surface area (Å²) in [5.74, 6) is -0.00332. The van der Waals surface area contributed by atoms with Gasteiger partial charge in [-0.15, -0.1) is 0 Å².